The van der Waals surface area contributed by atoms with Crippen LogP contribution in [0.4, 0.5) is 18.3 Å². The maximum absolute atomic E-state index is 11.9. The van der Waals surface area contributed by atoms with Gasteiger partial charge in [-0.1, -0.05) is 0 Å². The first-order valence-corrected chi connectivity index (χ1v) is 6.19. The smallest absolute Gasteiger partial charge is 0.312 e. The number of thiazole rings is 1. The fraction of sp³-hybridized carbons (Fsp3) is 0.600. The highest BCUT2D eigenvalue weighted by molar-refractivity contribution is 7.13. The topological polar surface area (TPSA) is 54.0 Å². The maximum atomic E-state index is 11.9. The maximum Gasteiger partial charge on any atom is 0.389 e. The van der Waals surface area contributed by atoms with E-state index in [1.807, 2.05) is 6.92 Å². The molecule has 0 saturated heterocycles. The summed E-state index contributed by atoms with van der Waals surface area (Å²) < 4.78 is 35.7. The number of nitrogens with one attached hydrogen (secondary N) is 2. The normalized spacial score (nSPS) is 13.4. The number of hydrogen-bond donors (Lipinski definition) is 2. The monoisotopic (exact) mass is 281 g/mol. The van der Waals surface area contributed by atoms with Crippen LogP contribution in [0.25, 0.3) is 0 Å². The molecule has 0 bridgehead atoms. The van der Waals surface area contributed by atoms with Crippen molar-refractivity contribution in [2.75, 3.05) is 12.4 Å². The third-order valence-corrected chi connectivity index (χ3v) is 3.06. The molecule has 1 heterocycles. The Morgan fingerprint density at radius 2 is 2.22 bits per heavy atom. The van der Waals surface area contributed by atoms with E-state index in [1.165, 1.54) is 11.3 Å². The lowest BCUT2D eigenvalue weighted by atomic mass is 10.3. The average molecular weight is 281 g/mol. The molecule has 0 aliphatic carbocycles. The Hall–Kier alpha value is -1.15. The Morgan fingerprint density at radius 3 is 2.78 bits per heavy atom. The number of amides is 1. The van der Waals surface area contributed by atoms with Crippen LogP contribution in [0, 0.1) is 0 Å². The summed E-state index contributed by atoms with van der Waals surface area (Å²) in [5.41, 5.74) is 0.744. The summed E-state index contributed by atoms with van der Waals surface area (Å²) >= 11 is 1.19. The molecule has 0 aliphatic heterocycles. The van der Waals surface area contributed by atoms with Crippen molar-refractivity contribution in [2.45, 2.75) is 32.0 Å². The van der Waals surface area contributed by atoms with Crippen LogP contribution in [-0.2, 0) is 4.79 Å². The van der Waals surface area contributed by atoms with E-state index in [0.717, 1.165) is 5.69 Å². The van der Waals surface area contributed by atoms with Crippen LogP contribution >= 0.6 is 11.3 Å². The van der Waals surface area contributed by atoms with E-state index >= 15 is 0 Å². The van der Waals surface area contributed by atoms with Crippen molar-refractivity contribution in [1.29, 1.82) is 0 Å². The lowest BCUT2D eigenvalue weighted by Gasteiger charge is -2.06. The van der Waals surface area contributed by atoms with Gasteiger partial charge in [-0.3, -0.25) is 4.79 Å². The van der Waals surface area contributed by atoms with Gasteiger partial charge in [0.05, 0.1) is 12.1 Å². The Balaban J connectivity index is 2.47. The van der Waals surface area contributed by atoms with Crippen molar-refractivity contribution in [3.63, 3.8) is 0 Å². The molecule has 2 N–H and O–H groups in total. The number of nitrogens with zero attached hydrogens (tertiary/aromatic N) is 1. The van der Waals surface area contributed by atoms with Crippen molar-refractivity contribution in [3.05, 3.63) is 11.1 Å². The first kappa shape index (κ1) is 14.9. The van der Waals surface area contributed by atoms with Gasteiger partial charge in [0, 0.05) is 17.8 Å². The molecule has 8 heteroatoms. The number of carbonyl (C=O) groups is 1. The zero-order chi connectivity index (χ0) is 13.8. The van der Waals surface area contributed by atoms with Crippen LogP contribution in [0.2, 0.25) is 0 Å². The summed E-state index contributed by atoms with van der Waals surface area (Å²) in [5.74, 6) is -0.676. The third-order valence-electron chi connectivity index (χ3n) is 2.28. The van der Waals surface area contributed by atoms with Gasteiger partial charge >= 0.3 is 6.18 Å². The van der Waals surface area contributed by atoms with E-state index in [-0.39, 0.29) is 6.04 Å². The van der Waals surface area contributed by atoms with Crippen molar-refractivity contribution in [1.82, 2.24) is 10.3 Å². The molecule has 0 aromatic carbocycles. The molecule has 1 unspecified atom stereocenters. The highest BCUT2D eigenvalue weighted by Gasteiger charge is 2.28. The molecule has 0 radical (unpaired) electrons. The lowest BCUT2D eigenvalue weighted by molar-refractivity contribution is -0.142. The van der Waals surface area contributed by atoms with E-state index < -0.39 is 24.9 Å². The highest BCUT2D eigenvalue weighted by Crippen LogP contribution is 2.23. The van der Waals surface area contributed by atoms with Crippen LogP contribution in [0.15, 0.2) is 5.38 Å². The Labute approximate surface area is 107 Å². The van der Waals surface area contributed by atoms with Crippen molar-refractivity contribution in [3.8, 4) is 0 Å². The van der Waals surface area contributed by atoms with E-state index in [2.05, 4.69) is 15.6 Å². The van der Waals surface area contributed by atoms with Gasteiger partial charge < -0.3 is 10.6 Å². The summed E-state index contributed by atoms with van der Waals surface area (Å²) in [7, 11) is 1.77. The van der Waals surface area contributed by atoms with Gasteiger partial charge in [0.25, 0.3) is 0 Å². The zero-order valence-electron chi connectivity index (χ0n) is 9.97. The molecule has 4 nitrogen and oxygen atoms in total. The predicted octanol–water partition coefficient (Wildman–Crippen LogP) is 2.70. The molecule has 1 atom stereocenters. The number of halogens is 3. The second-order valence-corrected chi connectivity index (χ2v) is 4.61. The average Bonchev–Trinajstić information content (AvgIpc) is 2.73. The minimum Gasteiger partial charge on any atom is -0.312 e. The zero-order valence-corrected chi connectivity index (χ0v) is 10.8. The number of alkyl halides is 3. The molecule has 102 valence electrons. The quantitative estimate of drug-likeness (QED) is 0.872. The number of carbonyl (C=O) groups excluding carboxylic acids is 1. The molecule has 0 spiro atoms. The molecule has 18 heavy (non-hydrogen) atoms. The minimum absolute atomic E-state index is 0.0297. The van der Waals surface area contributed by atoms with Gasteiger partial charge in [-0.25, -0.2) is 4.98 Å². The van der Waals surface area contributed by atoms with Crippen molar-refractivity contribution >= 4 is 22.4 Å². The second kappa shape index (κ2) is 6.14. The van der Waals surface area contributed by atoms with Crippen molar-refractivity contribution < 1.29 is 18.0 Å². The summed E-state index contributed by atoms with van der Waals surface area (Å²) in [4.78, 5) is 15.4. The first-order valence-electron chi connectivity index (χ1n) is 5.31. The van der Waals surface area contributed by atoms with Crippen LogP contribution in [-0.4, -0.2) is 24.1 Å². The standard InChI is InChI=1S/C10H14F3N3OS/c1-6(14-2)7-5-18-9(15-7)16-8(17)3-4-10(11,12)13/h5-6,14H,3-4H2,1-2H3,(H,15,16,17). The second-order valence-electron chi connectivity index (χ2n) is 3.75. The summed E-state index contributed by atoms with van der Waals surface area (Å²) in [5, 5.41) is 7.40. The van der Waals surface area contributed by atoms with Gasteiger partial charge in [-0.15, -0.1) is 11.3 Å². The van der Waals surface area contributed by atoms with E-state index in [4.69, 9.17) is 0 Å². The van der Waals surface area contributed by atoms with Gasteiger partial charge in [0.15, 0.2) is 5.13 Å². The fourth-order valence-electron chi connectivity index (χ4n) is 1.13. The SMILES string of the molecule is CNC(C)c1csc(NC(=O)CCC(F)(F)F)n1. The molecule has 1 aromatic heterocycles. The van der Waals surface area contributed by atoms with Gasteiger partial charge in [0.1, 0.15) is 0 Å². The van der Waals surface area contributed by atoms with Gasteiger partial charge in [-0.2, -0.15) is 13.2 Å². The predicted molar refractivity (Wildman–Crippen MR) is 63.5 cm³/mol. The first-order chi connectivity index (χ1) is 8.31. The van der Waals surface area contributed by atoms with Crippen LogP contribution < -0.4 is 10.6 Å². The molecule has 0 fully saturated rings. The molecule has 0 saturated carbocycles. The number of aromatic nitrogens is 1. The van der Waals surface area contributed by atoms with Crippen molar-refractivity contribution in [2.24, 2.45) is 0 Å². The molecule has 1 amide bonds. The summed E-state index contributed by atoms with van der Waals surface area (Å²) in [6.45, 7) is 1.89. The largest absolute Gasteiger partial charge is 0.389 e. The van der Waals surface area contributed by atoms with E-state index in [1.54, 1.807) is 12.4 Å². The lowest BCUT2D eigenvalue weighted by Crippen LogP contribution is -2.17. The van der Waals surface area contributed by atoms with E-state index in [9.17, 15) is 18.0 Å². The Morgan fingerprint density at radius 1 is 1.56 bits per heavy atom. The van der Waals surface area contributed by atoms with Gasteiger partial charge in [-0.05, 0) is 14.0 Å². The number of rotatable bonds is 5. The Bertz CT molecular complexity index is 405. The highest BCUT2D eigenvalue weighted by atomic mass is 32.1. The molecule has 1 aromatic rings. The van der Waals surface area contributed by atoms with Crippen LogP contribution in [0.1, 0.15) is 31.5 Å². The number of anilines is 1. The Kier molecular flexibility index (Phi) is 5.09. The fourth-order valence-corrected chi connectivity index (χ4v) is 1.95. The van der Waals surface area contributed by atoms with Gasteiger partial charge in [0.2, 0.25) is 5.91 Å². The molecular formula is C10H14F3N3OS. The molecule has 1 rings (SSSR count). The summed E-state index contributed by atoms with van der Waals surface area (Å²) in [6, 6.07) is 0.0297. The van der Waals surface area contributed by atoms with Crippen LogP contribution in [0.5, 0.6) is 0 Å². The molecular weight excluding hydrogens is 267 g/mol. The third kappa shape index (κ3) is 5.01. The number of hydrogen-bond acceptors (Lipinski definition) is 4. The van der Waals surface area contributed by atoms with E-state index in [0.29, 0.717) is 5.13 Å². The van der Waals surface area contributed by atoms with Crippen LogP contribution in [0.3, 0.4) is 0 Å². The summed E-state index contributed by atoms with van der Waals surface area (Å²) in [6.07, 6.45) is -6.02. The molecule has 0 aliphatic rings. The minimum atomic E-state index is -4.31.